The molecule has 2 unspecified atom stereocenters. The van der Waals surface area contributed by atoms with Gasteiger partial charge in [0.25, 0.3) is 5.91 Å². The van der Waals surface area contributed by atoms with E-state index in [0.29, 0.717) is 11.1 Å². The molecule has 1 aliphatic heterocycles. The molecular weight excluding hydrogens is 433 g/mol. The molecule has 0 bridgehead atoms. The maximum atomic E-state index is 12.7. The number of urea groups is 1. The fraction of sp³-hybridized carbons (Fsp3) is 0.250. The van der Waals surface area contributed by atoms with E-state index in [4.69, 9.17) is 0 Å². The third-order valence-corrected chi connectivity index (χ3v) is 5.43. The molecule has 0 radical (unpaired) electrons. The molecule has 0 saturated heterocycles. The minimum Gasteiger partial charge on any atom is -1.00 e. The molecule has 0 fully saturated rings. The summed E-state index contributed by atoms with van der Waals surface area (Å²) in [6.45, 7) is 3.42. The van der Waals surface area contributed by atoms with Gasteiger partial charge >= 0.3 is 41.6 Å². The number of rotatable bonds is 6. The molecule has 2 aromatic rings. The van der Waals surface area contributed by atoms with Crippen molar-refractivity contribution in [1.29, 1.82) is 0 Å². The Balaban J connectivity index is 0.00000289. The number of likely N-dealkylation sites (N-methyl/N-ethyl adjacent to an activating group) is 1. The molecule has 1 aliphatic rings. The zero-order chi connectivity index (χ0) is 23.4. The third-order valence-electron chi connectivity index (χ3n) is 5.43. The van der Waals surface area contributed by atoms with Crippen LogP contribution in [0.2, 0.25) is 0 Å². The van der Waals surface area contributed by atoms with Crippen LogP contribution in [0.1, 0.15) is 31.9 Å². The Bertz CT molecular complexity index is 1110. The Morgan fingerprint density at radius 2 is 1.76 bits per heavy atom. The van der Waals surface area contributed by atoms with Gasteiger partial charge in [-0.2, -0.15) is 0 Å². The van der Waals surface area contributed by atoms with Crippen molar-refractivity contribution in [2.75, 3.05) is 7.05 Å². The van der Waals surface area contributed by atoms with Crippen LogP contribution in [-0.2, 0) is 14.4 Å². The topological polar surface area (TPSA) is 116 Å². The predicted molar refractivity (Wildman–Crippen MR) is 120 cm³/mol. The van der Waals surface area contributed by atoms with Crippen LogP contribution in [0, 0.1) is 6.92 Å². The van der Waals surface area contributed by atoms with Gasteiger partial charge in [-0.25, -0.2) is 4.79 Å². The number of nitrogens with zero attached hydrogens (tertiary/aromatic N) is 1. The predicted octanol–water partition coefficient (Wildman–Crippen LogP) is -0.0930. The molecule has 2 aromatic carbocycles. The van der Waals surface area contributed by atoms with Crippen LogP contribution >= 0.6 is 0 Å². The molecule has 0 spiro atoms. The van der Waals surface area contributed by atoms with Crippen LogP contribution < -0.4 is 40.2 Å². The first-order valence-corrected chi connectivity index (χ1v) is 10.1. The Labute approximate surface area is 215 Å². The number of aliphatic carboxylic acids is 1. The summed E-state index contributed by atoms with van der Waals surface area (Å²) in [6.07, 6.45) is 1.05. The van der Waals surface area contributed by atoms with Crippen LogP contribution in [0.25, 0.3) is 11.1 Å². The first-order valence-electron chi connectivity index (χ1n) is 10.1. The molecular formula is C24H26N3NaO5. The minimum atomic E-state index is -1.35. The first kappa shape index (κ1) is 26.3. The number of hydrogen-bond donors (Lipinski definition) is 3. The number of carboxylic acid groups (broad SMARTS) is 1. The van der Waals surface area contributed by atoms with Crippen molar-refractivity contribution in [3.63, 3.8) is 0 Å². The minimum absolute atomic E-state index is 0. The zero-order valence-corrected chi connectivity index (χ0v) is 21.1. The Kier molecular flexibility index (Phi) is 8.99. The van der Waals surface area contributed by atoms with Gasteiger partial charge in [0, 0.05) is 18.8 Å². The summed E-state index contributed by atoms with van der Waals surface area (Å²) >= 11 is 0. The van der Waals surface area contributed by atoms with E-state index in [1.807, 2.05) is 43.3 Å². The summed E-state index contributed by atoms with van der Waals surface area (Å²) < 4.78 is 0. The number of hydrogen-bond acceptors (Lipinski definition) is 4. The molecule has 3 rings (SSSR count). The first-order chi connectivity index (χ1) is 15.2. The molecule has 9 heteroatoms. The molecule has 1 heterocycles. The fourth-order valence-electron chi connectivity index (χ4n) is 3.79. The zero-order valence-electron chi connectivity index (χ0n) is 20.1. The molecule has 8 nitrogen and oxygen atoms in total. The summed E-state index contributed by atoms with van der Waals surface area (Å²) in [5, 5.41) is 14.4. The number of amides is 3. The monoisotopic (exact) mass is 459 g/mol. The van der Waals surface area contributed by atoms with E-state index >= 15 is 0 Å². The van der Waals surface area contributed by atoms with E-state index in [1.165, 1.54) is 18.1 Å². The molecule has 33 heavy (non-hydrogen) atoms. The molecule has 3 amide bonds. The third kappa shape index (κ3) is 6.10. The van der Waals surface area contributed by atoms with Crippen LogP contribution in [0.4, 0.5) is 4.79 Å². The normalized spacial score (nSPS) is 16.4. The van der Waals surface area contributed by atoms with Crippen LogP contribution in [-0.4, -0.2) is 46.8 Å². The van der Waals surface area contributed by atoms with E-state index in [-0.39, 0.29) is 37.4 Å². The average Bonchev–Trinajstić information content (AvgIpc) is 2.75. The number of carboxylic acids is 1. The van der Waals surface area contributed by atoms with Gasteiger partial charge in [-0.05, 0) is 36.1 Å². The molecule has 0 aromatic heterocycles. The number of benzene rings is 2. The van der Waals surface area contributed by atoms with Gasteiger partial charge in [-0.1, -0.05) is 48.5 Å². The number of carbonyl (C=O) groups is 4. The number of ketones is 1. The molecule has 3 N–H and O–H groups in total. The average molecular weight is 459 g/mol. The summed E-state index contributed by atoms with van der Waals surface area (Å²) in [4.78, 5) is 50.1. The van der Waals surface area contributed by atoms with E-state index in [0.717, 1.165) is 16.7 Å². The maximum Gasteiger partial charge on any atom is 1.00 e. The Morgan fingerprint density at radius 1 is 1.09 bits per heavy atom. The van der Waals surface area contributed by atoms with Crippen LogP contribution in [0.3, 0.4) is 0 Å². The van der Waals surface area contributed by atoms with Crippen molar-refractivity contribution in [1.82, 2.24) is 15.5 Å². The van der Waals surface area contributed by atoms with Crippen molar-refractivity contribution in [2.45, 2.75) is 32.4 Å². The molecule has 0 aliphatic carbocycles. The summed E-state index contributed by atoms with van der Waals surface area (Å²) in [6, 6.07) is 12.1. The van der Waals surface area contributed by atoms with Gasteiger partial charge in [0.15, 0.2) is 11.8 Å². The molecule has 2 atom stereocenters. The second-order valence-corrected chi connectivity index (χ2v) is 7.71. The van der Waals surface area contributed by atoms with Gasteiger partial charge in [0.05, 0.1) is 12.5 Å². The van der Waals surface area contributed by atoms with E-state index in [2.05, 4.69) is 10.6 Å². The Morgan fingerprint density at radius 3 is 2.39 bits per heavy atom. The quantitative estimate of drug-likeness (QED) is 0.413. The van der Waals surface area contributed by atoms with Crippen LogP contribution in [0.15, 0.2) is 60.3 Å². The number of Topliss-reactive ketones (excluding diaryl/α,β-unsaturated/α-hetero) is 1. The number of carbonyl (C=O) groups excluding carboxylic acids is 3. The van der Waals surface area contributed by atoms with E-state index in [1.54, 1.807) is 19.1 Å². The van der Waals surface area contributed by atoms with Crippen molar-refractivity contribution in [3.8, 4) is 11.1 Å². The van der Waals surface area contributed by atoms with Crippen molar-refractivity contribution in [2.24, 2.45) is 0 Å². The van der Waals surface area contributed by atoms with Crippen molar-refractivity contribution in [3.05, 3.63) is 71.4 Å². The summed E-state index contributed by atoms with van der Waals surface area (Å²) in [5.41, 5.74) is 3.69. The van der Waals surface area contributed by atoms with Gasteiger partial charge in [-0.3, -0.25) is 14.4 Å². The summed E-state index contributed by atoms with van der Waals surface area (Å²) in [7, 11) is 1.50. The van der Waals surface area contributed by atoms with Gasteiger partial charge in [0.2, 0.25) is 0 Å². The largest absolute Gasteiger partial charge is 1.00 e. The van der Waals surface area contributed by atoms with E-state index < -0.39 is 35.8 Å². The molecule has 168 valence electrons. The van der Waals surface area contributed by atoms with Gasteiger partial charge in [0.1, 0.15) is 0 Å². The second kappa shape index (κ2) is 11.3. The SMILES string of the molecule is CC1=CN(C)C(=O)C(NC(=O)NC(CC(=O)O)c2cccc(-c3ccccc3)c2C)C1=O.[H-].[Na+]. The Hall–Kier alpha value is -2.94. The van der Waals surface area contributed by atoms with Crippen LogP contribution in [0.5, 0.6) is 0 Å². The number of nitrogens with one attached hydrogen (secondary N) is 2. The van der Waals surface area contributed by atoms with Crippen molar-refractivity contribution < 1.29 is 55.3 Å². The van der Waals surface area contributed by atoms with Crippen molar-refractivity contribution >= 4 is 23.7 Å². The standard InChI is InChI=1S/C24H25N3O5.Na.H/c1-14-13-27(3)23(31)21(22(14)30)26-24(32)25-19(12-20(28)29)18-11-7-10-17(15(18)2)16-8-5-4-6-9-16;;/h4-11,13,19,21H,12H2,1-3H3,(H,28,29)(H2,25,26,32);;/q;+1;-1. The van der Waals surface area contributed by atoms with Gasteiger partial charge in [-0.15, -0.1) is 0 Å². The van der Waals surface area contributed by atoms with E-state index in [9.17, 15) is 24.3 Å². The van der Waals surface area contributed by atoms with Gasteiger partial charge < -0.3 is 22.1 Å². The maximum absolute atomic E-state index is 12.7. The summed E-state index contributed by atoms with van der Waals surface area (Å²) in [5.74, 6) is -2.16. The molecule has 0 saturated carbocycles. The fourth-order valence-corrected chi connectivity index (χ4v) is 3.79. The second-order valence-electron chi connectivity index (χ2n) is 7.71. The smallest absolute Gasteiger partial charge is 1.00 e.